The van der Waals surface area contributed by atoms with Crippen molar-refractivity contribution in [3.05, 3.63) is 65.1 Å². The Balaban J connectivity index is 1.60. The highest BCUT2D eigenvalue weighted by Gasteiger charge is 2.33. The van der Waals surface area contributed by atoms with Crippen LogP contribution in [-0.4, -0.2) is 34.2 Å². The van der Waals surface area contributed by atoms with Gasteiger partial charge in [-0.1, -0.05) is 54.3 Å². The van der Waals surface area contributed by atoms with Gasteiger partial charge >= 0.3 is 0 Å². The molecule has 1 aliphatic heterocycles. The van der Waals surface area contributed by atoms with Crippen LogP contribution >= 0.6 is 24.0 Å². The molecule has 3 rings (SSSR count). The Bertz CT molecular complexity index is 899. The lowest BCUT2D eigenvalue weighted by atomic mass is 10.2. The van der Waals surface area contributed by atoms with Gasteiger partial charge in [0.15, 0.2) is 0 Å². The highest BCUT2D eigenvalue weighted by molar-refractivity contribution is 8.26. The summed E-state index contributed by atoms with van der Waals surface area (Å²) in [5, 5.41) is 0. The first-order valence-corrected chi connectivity index (χ1v) is 9.87. The Hall–Kier alpha value is -2.84. The molecule has 0 aliphatic carbocycles. The minimum absolute atomic E-state index is 0.148. The number of thioether (sulfide) groups is 1. The molecule has 0 radical (unpaired) electrons. The third kappa shape index (κ3) is 5.11. The van der Waals surface area contributed by atoms with Crippen molar-refractivity contribution >= 4 is 51.9 Å². The number of para-hydroxylation sites is 1. The number of carbonyl (C=O) groups is 2. The predicted octanol–water partition coefficient (Wildman–Crippen LogP) is 3.43. The van der Waals surface area contributed by atoms with Crippen molar-refractivity contribution in [2.24, 2.45) is 0 Å². The molecule has 144 valence electrons. The van der Waals surface area contributed by atoms with E-state index in [1.165, 1.54) is 16.7 Å². The number of hydrazine groups is 1. The molecule has 1 heterocycles. The fraction of sp³-hybridized carbons (Fsp3) is 0.150. The van der Waals surface area contributed by atoms with Gasteiger partial charge in [0.25, 0.3) is 11.8 Å². The summed E-state index contributed by atoms with van der Waals surface area (Å²) in [7, 11) is 0. The number of anilines is 1. The molecule has 8 heteroatoms. The van der Waals surface area contributed by atoms with Crippen molar-refractivity contribution in [3.8, 4) is 5.75 Å². The van der Waals surface area contributed by atoms with E-state index in [0.29, 0.717) is 15.8 Å². The first kappa shape index (κ1) is 19.9. The maximum absolute atomic E-state index is 12.6. The van der Waals surface area contributed by atoms with Crippen molar-refractivity contribution in [3.63, 3.8) is 0 Å². The van der Waals surface area contributed by atoms with Crippen LogP contribution in [0.5, 0.6) is 5.75 Å². The van der Waals surface area contributed by atoms with Crippen LogP contribution in [0.15, 0.2) is 59.5 Å². The van der Waals surface area contributed by atoms with Gasteiger partial charge in [0, 0.05) is 0 Å². The lowest BCUT2D eigenvalue weighted by Crippen LogP contribution is -2.41. The molecule has 0 atom stereocenters. The van der Waals surface area contributed by atoms with E-state index in [4.69, 9.17) is 17.0 Å². The summed E-state index contributed by atoms with van der Waals surface area (Å²) in [4.78, 5) is 26.6. The SMILES string of the molecule is CCOc1ccc(C=C2SC(=S)N(CC(=O)NNc3ccccc3)C2=O)cc1. The van der Waals surface area contributed by atoms with Crippen LogP contribution in [0, 0.1) is 0 Å². The number of carbonyl (C=O) groups excluding carboxylic acids is 2. The Morgan fingerprint density at radius 2 is 1.89 bits per heavy atom. The Labute approximate surface area is 172 Å². The highest BCUT2D eigenvalue weighted by atomic mass is 32.2. The van der Waals surface area contributed by atoms with Crippen molar-refractivity contribution in [2.75, 3.05) is 18.6 Å². The molecule has 0 aromatic heterocycles. The molecular formula is C20H19N3O3S2. The second-order valence-electron chi connectivity index (χ2n) is 5.81. The molecule has 2 aromatic carbocycles. The smallest absolute Gasteiger partial charge is 0.266 e. The van der Waals surface area contributed by atoms with Crippen LogP contribution in [0.2, 0.25) is 0 Å². The molecular weight excluding hydrogens is 394 g/mol. The molecule has 0 bridgehead atoms. The van der Waals surface area contributed by atoms with Gasteiger partial charge < -0.3 is 4.74 Å². The molecule has 2 amide bonds. The second kappa shape index (κ2) is 9.38. The number of rotatable bonds is 7. The van der Waals surface area contributed by atoms with Gasteiger partial charge in [-0.25, -0.2) is 0 Å². The van der Waals surface area contributed by atoms with Gasteiger partial charge in [0.1, 0.15) is 16.6 Å². The number of hydrogen-bond acceptors (Lipinski definition) is 6. The number of nitrogens with one attached hydrogen (secondary N) is 2. The quantitative estimate of drug-likeness (QED) is 0.412. The number of ether oxygens (including phenoxy) is 1. The van der Waals surface area contributed by atoms with E-state index in [2.05, 4.69) is 10.9 Å². The van der Waals surface area contributed by atoms with Crippen LogP contribution in [-0.2, 0) is 9.59 Å². The standard InChI is InChI=1S/C20H19N3O3S2/c1-2-26-16-10-8-14(9-11-16)12-17-19(25)23(20(27)28-17)13-18(24)22-21-15-6-4-3-5-7-15/h3-12,21H,2,13H2,1H3,(H,22,24). The van der Waals surface area contributed by atoms with Crippen molar-refractivity contribution < 1.29 is 14.3 Å². The Kier molecular flexibility index (Phi) is 6.67. The van der Waals surface area contributed by atoms with Crippen LogP contribution in [0.25, 0.3) is 6.08 Å². The Morgan fingerprint density at radius 3 is 2.57 bits per heavy atom. The summed E-state index contributed by atoms with van der Waals surface area (Å²) in [5.41, 5.74) is 6.97. The molecule has 28 heavy (non-hydrogen) atoms. The maximum Gasteiger partial charge on any atom is 0.266 e. The average molecular weight is 414 g/mol. The normalized spacial score (nSPS) is 15.0. The van der Waals surface area contributed by atoms with Crippen molar-refractivity contribution in [1.29, 1.82) is 0 Å². The summed E-state index contributed by atoms with van der Waals surface area (Å²) < 4.78 is 5.77. The molecule has 0 spiro atoms. The van der Waals surface area contributed by atoms with Gasteiger partial charge in [0.05, 0.1) is 17.2 Å². The summed E-state index contributed by atoms with van der Waals surface area (Å²) in [6, 6.07) is 16.6. The van der Waals surface area contributed by atoms with E-state index in [-0.39, 0.29) is 18.4 Å². The first-order chi connectivity index (χ1) is 13.6. The third-order valence-electron chi connectivity index (χ3n) is 3.78. The van der Waals surface area contributed by atoms with E-state index in [1.807, 2.05) is 61.5 Å². The monoisotopic (exact) mass is 413 g/mol. The molecule has 0 unspecified atom stereocenters. The zero-order valence-corrected chi connectivity index (χ0v) is 16.8. The topological polar surface area (TPSA) is 70.7 Å². The minimum Gasteiger partial charge on any atom is -0.494 e. The lowest BCUT2D eigenvalue weighted by molar-refractivity contribution is -0.128. The van der Waals surface area contributed by atoms with Gasteiger partial charge in [-0.2, -0.15) is 0 Å². The molecule has 6 nitrogen and oxygen atoms in total. The highest BCUT2D eigenvalue weighted by Crippen LogP contribution is 2.32. The summed E-state index contributed by atoms with van der Waals surface area (Å²) >= 11 is 6.45. The van der Waals surface area contributed by atoms with E-state index in [9.17, 15) is 9.59 Å². The van der Waals surface area contributed by atoms with Crippen LogP contribution in [0.4, 0.5) is 5.69 Å². The third-order valence-corrected chi connectivity index (χ3v) is 5.16. The molecule has 0 saturated carbocycles. The average Bonchev–Trinajstić information content (AvgIpc) is 2.96. The van der Waals surface area contributed by atoms with Crippen molar-refractivity contribution in [1.82, 2.24) is 10.3 Å². The van der Waals surface area contributed by atoms with Crippen LogP contribution < -0.4 is 15.6 Å². The molecule has 1 aliphatic rings. The first-order valence-electron chi connectivity index (χ1n) is 8.65. The number of nitrogens with zero attached hydrogens (tertiary/aromatic N) is 1. The predicted molar refractivity (Wildman–Crippen MR) is 116 cm³/mol. The van der Waals surface area contributed by atoms with Crippen LogP contribution in [0.1, 0.15) is 12.5 Å². The zero-order chi connectivity index (χ0) is 19.9. The lowest BCUT2D eigenvalue weighted by Gasteiger charge is -2.15. The summed E-state index contributed by atoms with van der Waals surface area (Å²) in [5.74, 6) is 0.135. The number of amides is 2. The van der Waals surface area contributed by atoms with Crippen molar-refractivity contribution in [2.45, 2.75) is 6.92 Å². The van der Waals surface area contributed by atoms with E-state index in [0.717, 1.165) is 17.0 Å². The van der Waals surface area contributed by atoms with Gasteiger partial charge in [0.2, 0.25) is 0 Å². The number of hydrogen-bond donors (Lipinski definition) is 2. The number of thiocarbonyl (C=S) groups is 1. The largest absolute Gasteiger partial charge is 0.494 e. The summed E-state index contributed by atoms with van der Waals surface area (Å²) in [6.45, 7) is 2.37. The minimum atomic E-state index is -0.359. The molecule has 1 saturated heterocycles. The Morgan fingerprint density at radius 1 is 1.18 bits per heavy atom. The van der Waals surface area contributed by atoms with Gasteiger partial charge in [-0.15, -0.1) is 0 Å². The number of benzene rings is 2. The molecule has 2 aromatic rings. The van der Waals surface area contributed by atoms with E-state index < -0.39 is 0 Å². The fourth-order valence-electron chi connectivity index (χ4n) is 2.46. The summed E-state index contributed by atoms with van der Waals surface area (Å²) in [6.07, 6.45) is 1.76. The van der Waals surface area contributed by atoms with E-state index >= 15 is 0 Å². The molecule has 1 fully saturated rings. The van der Waals surface area contributed by atoms with Gasteiger partial charge in [-0.05, 0) is 42.8 Å². The van der Waals surface area contributed by atoms with Crippen LogP contribution in [0.3, 0.4) is 0 Å². The van der Waals surface area contributed by atoms with E-state index in [1.54, 1.807) is 6.08 Å². The molecule has 2 N–H and O–H groups in total. The maximum atomic E-state index is 12.6. The zero-order valence-electron chi connectivity index (χ0n) is 15.2. The second-order valence-corrected chi connectivity index (χ2v) is 7.48. The fourth-order valence-corrected chi connectivity index (χ4v) is 3.72. The van der Waals surface area contributed by atoms with Gasteiger partial charge in [-0.3, -0.25) is 25.3 Å².